The first-order chi connectivity index (χ1) is 13.2. The molecule has 1 saturated heterocycles. The summed E-state index contributed by atoms with van der Waals surface area (Å²) in [5.41, 5.74) is 2.27. The van der Waals surface area contributed by atoms with Gasteiger partial charge in [0.25, 0.3) is 0 Å². The van der Waals surface area contributed by atoms with E-state index in [9.17, 15) is 0 Å². The zero-order chi connectivity index (χ0) is 19.1. The summed E-state index contributed by atoms with van der Waals surface area (Å²) in [7, 11) is 3.67. The van der Waals surface area contributed by atoms with E-state index in [2.05, 4.69) is 44.7 Å². The lowest BCUT2D eigenvalue weighted by Crippen LogP contribution is -2.40. The fourth-order valence-corrected chi connectivity index (χ4v) is 3.41. The van der Waals surface area contributed by atoms with Crippen LogP contribution in [0.15, 0.2) is 41.5 Å². The van der Waals surface area contributed by atoms with Gasteiger partial charge in [0.1, 0.15) is 5.75 Å². The van der Waals surface area contributed by atoms with Gasteiger partial charge < -0.3 is 20.3 Å². The molecule has 2 heterocycles. The Kier molecular flexibility index (Phi) is 6.57. The van der Waals surface area contributed by atoms with Gasteiger partial charge in [0.2, 0.25) is 0 Å². The van der Waals surface area contributed by atoms with Crippen LogP contribution in [-0.2, 0) is 13.6 Å². The number of anilines is 1. The van der Waals surface area contributed by atoms with Crippen molar-refractivity contribution in [2.24, 2.45) is 18.0 Å². The largest absolute Gasteiger partial charge is 0.495 e. The number of hydrogen-bond donors (Lipinski definition) is 2. The van der Waals surface area contributed by atoms with Gasteiger partial charge in [0.15, 0.2) is 5.96 Å². The minimum atomic E-state index is 0.579. The molecule has 1 unspecified atom stereocenters. The van der Waals surface area contributed by atoms with Crippen LogP contribution in [-0.4, -0.2) is 49.0 Å². The molecule has 0 radical (unpaired) electrons. The smallest absolute Gasteiger partial charge is 0.191 e. The van der Waals surface area contributed by atoms with Crippen LogP contribution in [0.25, 0.3) is 0 Å². The number of aryl methyl sites for hydroxylation is 1. The third kappa shape index (κ3) is 4.93. The Balaban J connectivity index is 1.54. The standard InChI is InChI=1S/C20H30N6O/c1-4-21-20(23-14-17-9-11-24-25(17)2)22-13-16-10-12-26(15-16)18-7-5-6-8-19(18)27-3/h5-9,11,16H,4,10,12-15H2,1-3H3,(H2,21,22,23). The number of ether oxygens (including phenoxy) is 1. The maximum Gasteiger partial charge on any atom is 0.191 e. The zero-order valence-corrected chi connectivity index (χ0v) is 16.5. The molecule has 7 nitrogen and oxygen atoms in total. The summed E-state index contributed by atoms with van der Waals surface area (Å²) in [6, 6.07) is 10.2. The summed E-state index contributed by atoms with van der Waals surface area (Å²) < 4.78 is 7.36. The van der Waals surface area contributed by atoms with E-state index in [0.717, 1.165) is 50.0 Å². The van der Waals surface area contributed by atoms with Crippen LogP contribution in [0.2, 0.25) is 0 Å². The zero-order valence-electron chi connectivity index (χ0n) is 16.5. The van der Waals surface area contributed by atoms with E-state index in [1.807, 2.05) is 29.9 Å². The predicted octanol–water partition coefficient (Wildman–Crippen LogP) is 2.01. The number of methoxy groups -OCH3 is 1. The Hall–Kier alpha value is -2.70. The van der Waals surface area contributed by atoms with Gasteiger partial charge in [0.05, 0.1) is 25.0 Å². The Morgan fingerprint density at radius 3 is 2.89 bits per heavy atom. The molecule has 146 valence electrons. The minimum Gasteiger partial charge on any atom is -0.495 e. The van der Waals surface area contributed by atoms with Gasteiger partial charge in [-0.25, -0.2) is 4.99 Å². The first-order valence-electron chi connectivity index (χ1n) is 9.58. The highest BCUT2D eigenvalue weighted by atomic mass is 16.5. The second kappa shape index (κ2) is 9.30. The molecule has 1 fully saturated rings. The second-order valence-electron chi connectivity index (χ2n) is 6.79. The average Bonchev–Trinajstić information content (AvgIpc) is 3.33. The van der Waals surface area contributed by atoms with Crippen molar-refractivity contribution in [1.82, 2.24) is 20.4 Å². The third-order valence-electron chi connectivity index (χ3n) is 4.94. The van der Waals surface area contributed by atoms with Crippen molar-refractivity contribution in [2.45, 2.75) is 19.9 Å². The molecule has 27 heavy (non-hydrogen) atoms. The monoisotopic (exact) mass is 370 g/mol. The van der Waals surface area contributed by atoms with Crippen LogP contribution < -0.4 is 20.3 Å². The summed E-state index contributed by atoms with van der Waals surface area (Å²) in [5.74, 6) is 2.38. The molecule has 0 spiro atoms. The van der Waals surface area contributed by atoms with Crippen LogP contribution in [0, 0.1) is 5.92 Å². The number of nitrogens with one attached hydrogen (secondary N) is 2. The first kappa shape index (κ1) is 19.1. The summed E-state index contributed by atoms with van der Waals surface area (Å²) >= 11 is 0. The maximum atomic E-state index is 5.51. The third-order valence-corrected chi connectivity index (χ3v) is 4.94. The van der Waals surface area contributed by atoms with Crippen LogP contribution >= 0.6 is 0 Å². The van der Waals surface area contributed by atoms with Crippen LogP contribution in [0.4, 0.5) is 5.69 Å². The summed E-state index contributed by atoms with van der Waals surface area (Å²) in [6.45, 7) is 6.52. The van der Waals surface area contributed by atoms with E-state index in [-0.39, 0.29) is 0 Å². The molecule has 0 saturated carbocycles. The molecule has 1 aliphatic heterocycles. The molecule has 0 amide bonds. The highest BCUT2D eigenvalue weighted by Crippen LogP contribution is 2.31. The van der Waals surface area contributed by atoms with Crippen molar-refractivity contribution in [3.8, 4) is 5.75 Å². The molecular formula is C20H30N6O. The predicted molar refractivity (Wildman–Crippen MR) is 109 cm³/mol. The van der Waals surface area contributed by atoms with Crippen LogP contribution in [0.1, 0.15) is 19.0 Å². The van der Waals surface area contributed by atoms with E-state index in [4.69, 9.17) is 4.74 Å². The lowest BCUT2D eigenvalue weighted by molar-refractivity contribution is 0.414. The molecule has 2 N–H and O–H groups in total. The number of nitrogens with zero attached hydrogens (tertiary/aromatic N) is 4. The number of benzene rings is 1. The fraction of sp³-hybridized carbons (Fsp3) is 0.500. The molecule has 0 aliphatic carbocycles. The van der Waals surface area contributed by atoms with E-state index in [1.165, 1.54) is 5.69 Å². The SMILES string of the molecule is CCNC(=NCc1ccnn1C)NCC1CCN(c2ccccc2OC)C1. The Morgan fingerprint density at radius 2 is 2.15 bits per heavy atom. The minimum absolute atomic E-state index is 0.579. The quantitative estimate of drug-likeness (QED) is 0.577. The number of hydrogen-bond acceptors (Lipinski definition) is 4. The van der Waals surface area contributed by atoms with Crippen LogP contribution in [0.3, 0.4) is 0 Å². The number of rotatable bonds is 7. The lowest BCUT2D eigenvalue weighted by atomic mass is 10.1. The lowest BCUT2D eigenvalue weighted by Gasteiger charge is -2.21. The normalized spacial score (nSPS) is 17.2. The fourth-order valence-electron chi connectivity index (χ4n) is 3.41. The Morgan fingerprint density at radius 1 is 1.30 bits per heavy atom. The topological polar surface area (TPSA) is 66.7 Å². The van der Waals surface area contributed by atoms with Gasteiger partial charge in [-0.15, -0.1) is 0 Å². The Labute approximate surface area is 161 Å². The molecule has 2 aromatic rings. The van der Waals surface area contributed by atoms with Gasteiger partial charge in [-0.05, 0) is 37.5 Å². The van der Waals surface area contributed by atoms with Gasteiger partial charge in [-0.1, -0.05) is 12.1 Å². The van der Waals surface area contributed by atoms with E-state index >= 15 is 0 Å². The molecule has 1 atom stereocenters. The molecule has 1 aliphatic rings. The number of para-hydroxylation sites is 2. The number of aromatic nitrogens is 2. The highest BCUT2D eigenvalue weighted by Gasteiger charge is 2.24. The van der Waals surface area contributed by atoms with Crippen LogP contribution in [0.5, 0.6) is 5.75 Å². The van der Waals surface area contributed by atoms with Crippen molar-refractivity contribution < 1.29 is 4.74 Å². The molecular weight excluding hydrogens is 340 g/mol. The van der Waals surface area contributed by atoms with Crippen molar-refractivity contribution in [3.05, 3.63) is 42.2 Å². The summed E-state index contributed by atoms with van der Waals surface area (Å²) in [5, 5.41) is 11.0. The highest BCUT2D eigenvalue weighted by molar-refractivity contribution is 5.79. The van der Waals surface area contributed by atoms with Crippen molar-refractivity contribution in [3.63, 3.8) is 0 Å². The van der Waals surface area contributed by atoms with Crippen molar-refractivity contribution in [2.75, 3.05) is 38.2 Å². The summed E-state index contributed by atoms with van der Waals surface area (Å²) in [6.07, 6.45) is 2.96. The molecule has 3 rings (SSSR count). The molecule has 1 aromatic heterocycles. The molecule has 7 heteroatoms. The van der Waals surface area contributed by atoms with Gasteiger partial charge in [-0.3, -0.25) is 4.68 Å². The molecule has 0 bridgehead atoms. The van der Waals surface area contributed by atoms with E-state index in [0.29, 0.717) is 12.5 Å². The van der Waals surface area contributed by atoms with Gasteiger partial charge in [0, 0.05) is 39.4 Å². The molecule has 1 aromatic carbocycles. The summed E-state index contributed by atoms with van der Waals surface area (Å²) in [4.78, 5) is 7.09. The Bertz CT molecular complexity index is 756. The number of guanidine groups is 1. The first-order valence-corrected chi connectivity index (χ1v) is 9.58. The van der Waals surface area contributed by atoms with Gasteiger partial charge in [-0.2, -0.15) is 5.10 Å². The van der Waals surface area contributed by atoms with E-state index < -0.39 is 0 Å². The number of aliphatic imine (C=N–C) groups is 1. The van der Waals surface area contributed by atoms with Crippen molar-refractivity contribution >= 4 is 11.6 Å². The average molecular weight is 371 g/mol. The van der Waals surface area contributed by atoms with Crippen molar-refractivity contribution in [1.29, 1.82) is 0 Å². The van der Waals surface area contributed by atoms with E-state index in [1.54, 1.807) is 13.3 Å². The maximum absolute atomic E-state index is 5.51. The van der Waals surface area contributed by atoms with Gasteiger partial charge >= 0.3 is 0 Å². The second-order valence-corrected chi connectivity index (χ2v) is 6.79.